The van der Waals surface area contributed by atoms with E-state index in [9.17, 15) is 22.8 Å². The van der Waals surface area contributed by atoms with Gasteiger partial charge in [0.15, 0.2) is 0 Å². The molecule has 2 N–H and O–H groups in total. The van der Waals surface area contributed by atoms with Crippen molar-refractivity contribution in [1.82, 2.24) is 5.32 Å². The predicted molar refractivity (Wildman–Crippen MR) is 65.3 cm³/mol. The van der Waals surface area contributed by atoms with Gasteiger partial charge in [0.2, 0.25) is 12.3 Å². The summed E-state index contributed by atoms with van der Waals surface area (Å²) in [5, 5.41) is 10.7. The number of hydrogen-bond donors (Lipinski definition) is 2. The third-order valence-corrected chi connectivity index (χ3v) is 2.77. The second-order valence-corrected chi connectivity index (χ2v) is 4.40. The fraction of sp³-hybridized carbons (Fsp3) is 0.333. The highest BCUT2D eigenvalue weighted by Gasteiger charge is 2.24. The van der Waals surface area contributed by atoms with Crippen LogP contribution in [-0.2, 0) is 16.0 Å². The van der Waals surface area contributed by atoms with Gasteiger partial charge >= 0.3 is 5.97 Å². The zero-order valence-corrected chi connectivity index (χ0v) is 10.8. The average Bonchev–Trinajstić information content (AvgIpc) is 2.31. The number of nitrogens with one attached hydrogen (secondary N) is 1. The molecule has 1 rings (SSSR count). The van der Waals surface area contributed by atoms with E-state index >= 15 is 0 Å². The summed E-state index contributed by atoms with van der Waals surface area (Å²) in [6.07, 6.45) is -4.17. The highest BCUT2D eigenvalue weighted by Crippen LogP contribution is 2.17. The summed E-state index contributed by atoms with van der Waals surface area (Å²) in [4.78, 5) is 22.3. The molecule has 1 atom stereocenters. The molecule has 0 radical (unpaired) electrons. The summed E-state index contributed by atoms with van der Waals surface area (Å²) < 4.78 is 37.1. The van der Waals surface area contributed by atoms with Gasteiger partial charge in [-0.05, 0) is 17.7 Å². The molecule has 1 amide bonds. The number of hydrogen-bond acceptors (Lipinski definition) is 2. The molecule has 1 aromatic rings. The molecule has 1 unspecified atom stereocenters. The molecule has 0 spiro atoms. The Bertz CT molecular complexity index is 511. The third-order valence-electron chi connectivity index (χ3n) is 2.41. The van der Waals surface area contributed by atoms with E-state index in [0.29, 0.717) is 0 Å². The minimum absolute atomic E-state index is 0.000819. The number of halogens is 4. The minimum Gasteiger partial charge on any atom is -0.480 e. The molecular formula is C12H11ClF3NO3. The van der Waals surface area contributed by atoms with Crippen LogP contribution in [0.15, 0.2) is 18.2 Å². The van der Waals surface area contributed by atoms with E-state index < -0.39 is 36.6 Å². The fourth-order valence-electron chi connectivity index (χ4n) is 1.48. The Hall–Kier alpha value is -1.76. The molecule has 0 aromatic heterocycles. The Morgan fingerprint density at radius 2 is 2.00 bits per heavy atom. The van der Waals surface area contributed by atoms with Gasteiger partial charge in [-0.15, -0.1) is 0 Å². The Balaban J connectivity index is 2.68. The van der Waals surface area contributed by atoms with Gasteiger partial charge in [-0.3, -0.25) is 4.79 Å². The lowest BCUT2D eigenvalue weighted by Gasteiger charge is -2.14. The van der Waals surface area contributed by atoms with Crippen molar-refractivity contribution in [1.29, 1.82) is 0 Å². The number of carbonyl (C=O) groups excluding carboxylic acids is 1. The Morgan fingerprint density at radius 3 is 2.50 bits per heavy atom. The normalized spacial score (nSPS) is 12.2. The van der Waals surface area contributed by atoms with Crippen molar-refractivity contribution in [2.24, 2.45) is 0 Å². The summed E-state index contributed by atoms with van der Waals surface area (Å²) in [5.74, 6) is -2.92. The molecule has 20 heavy (non-hydrogen) atoms. The van der Waals surface area contributed by atoms with Crippen LogP contribution in [0.3, 0.4) is 0 Å². The van der Waals surface area contributed by atoms with Gasteiger partial charge in [0, 0.05) is 11.4 Å². The summed E-state index contributed by atoms with van der Waals surface area (Å²) in [7, 11) is 0. The van der Waals surface area contributed by atoms with Crippen LogP contribution in [0, 0.1) is 5.82 Å². The van der Waals surface area contributed by atoms with E-state index in [1.165, 1.54) is 6.07 Å². The number of rotatable bonds is 6. The van der Waals surface area contributed by atoms with E-state index in [-0.39, 0.29) is 17.0 Å². The van der Waals surface area contributed by atoms with Crippen molar-refractivity contribution in [2.45, 2.75) is 25.3 Å². The van der Waals surface area contributed by atoms with Crippen LogP contribution in [0.1, 0.15) is 12.0 Å². The third kappa shape index (κ3) is 5.08. The van der Waals surface area contributed by atoms with Crippen molar-refractivity contribution in [2.75, 3.05) is 0 Å². The number of carboxylic acids is 1. The molecule has 0 bridgehead atoms. The molecule has 0 aliphatic rings. The van der Waals surface area contributed by atoms with E-state index in [2.05, 4.69) is 0 Å². The predicted octanol–water partition coefficient (Wildman–Crippen LogP) is 2.25. The van der Waals surface area contributed by atoms with Gasteiger partial charge in [0.1, 0.15) is 11.9 Å². The number of carbonyl (C=O) groups is 2. The standard InChI is InChI=1S/C12H11ClF3NO3/c13-8-4-7(14)2-1-6(8)3-11(18)17-9(12(19)20)5-10(15)16/h1-2,4,9-10H,3,5H2,(H,17,18)(H,19,20). The number of amides is 1. The lowest BCUT2D eigenvalue weighted by atomic mass is 10.1. The maximum absolute atomic E-state index is 12.8. The Kier molecular flexibility index (Phi) is 5.82. The van der Waals surface area contributed by atoms with Gasteiger partial charge in [-0.25, -0.2) is 18.0 Å². The van der Waals surface area contributed by atoms with E-state index in [1.807, 2.05) is 5.32 Å². The van der Waals surface area contributed by atoms with Crippen molar-refractivity contribution in [3.8, 4) is 0 Å². The first-order valence-corrected chi connectivity index (χ1v) is 5.91. The van der Waals surface area contributed by atoms with Gasteiger partial charge in [-0.2, -0.15) is 0 Å². The van der Waals surface area contributed by atoms with Crippen molar-refractivity contribution in [3.05, 3.63) is 34.6 Å². The van der Waals surface area contributed by atoms with Gasteiger partial charge in [0.05, 0.1) is 6.42 Å². The van der Waals surface area contributed by atoms with Crippen molar-refractivity contribution >= 4 is 23.5 Å². The highest BCUT2D eigenvalue weighted by molar-refractivity contribution is 6.31. The van der Waals surface area contributed by atoms with Gasteiger partial charge in [0.25, 0.3) is 0 Å². The first-order valence-electron chi connectivity index (χ1n) is 5.54. The summed E-state index contributed by atoms with van der Waals surface area (Å²) >= 11 is 5.70. The SMILES string of the molecule is O=C(Cc1ccc(F)cc1Cl)NC(CC(F)F)C(=O)O. The first-order chi connectivity index (χ1) is 9.29. The second kappa shape index (κ2) is 7.14. The van der Waals surface area contributed by atoms with Gasteiger partial charge < -0.3 is 10.4 Å². The summed E-state index contributed by atoms with van der Waals surface area (Å²) in [6.45, 7) is 0. The Labute approximate surface area is 117 Å². The zero-order chi connectivity index (χ0) is 15.3. The lowest BCUT2D eigenvalue weighted by molar-refractivity contribution is -0.142. The largest absolute Gasteiger partial charge is 0.480 e. The molecule has 4 nitrogen and oxygen atoms in total. The highest BCUT2D eigenvalue weighted by atomic mass is 35.5. The van der Waals surface area contributed by atoms with Gasteiger partial charge in [-0.1, -0.05) is 17.7 Å². The molecule has 0 aliphatic heterocycles. The molecular weight excluding hydrogens is 299 g/mol. The number of carboxylic acid groups (broad SMARTS) is 1. The van der Waals surface area contributed by atoms with Crippen LogP contribution >= 0.6 is 11.6 Å². The van der Waals surface area contributed by atoms with E-state index in [0.717, 1.165) is 12.1 Å². The lowest BCUT2D eigenvalue weighted by Crippen LogP contribution is -2.42. The topological polar surface area (TPSA) is 66.4 Å². The van der Waals surface area contributed by atoms with Crippen LogP contribution < -0.4 is 5.32 Å². The maximum atomic E-state index is 12.8. The van der Waals surface area contributed by atoms with Crippen LogP contribution in [-0.4, -0.2) is 29.5 Å². The molecule has 0 fully saturated rings. The molecule has 0 heterocycles. The quantitative estimate of drug-likeness (QED) is 0.847. The van der Waals surface area contributed by atoms with Crippen molar-refractivity contribution in [3.63, 3.8) is 0 Å². The monoisotopic (exact) mass is 309 g/mol. The molecule has 110 valence electrons. The summed E-state index contributed by atoms with van der Waals surface area (Å²) in [5.41, 5.74) is 0.270. The second-order valence-electron chi connectivity index (χ2n) is 4.00. The maximum Gasteiger partial charge on any atom is 0.326 e. The minimum atomic E-state index is -2.86. The first kappa shape index (κ1) is 16.3. The van der Waals surface area contributed by atoms with Crippen LogP contribution in [0.2, 0.25) is 5.02 Å². The number of aliphatic carboxylic acids is 1. The zero-order valence-electron chi connectivity index (χ0n) is 10.1. The average molecular weight is 310 g/mol. The van der Waals surface area contributed by atoms with E-state index in [4.69, 9.17) is 16.7 Å². The smallest absolute Gasteiger partial charge is 0.326 e. The number of alkyl halides is 2. The number of benzene rings is 1. The van der Waals surface area contributed by atoms with E-state index in [1.54, 1.807) is 0 Å². The summed E-state index contributed by atoms with van der Waals surface area (Å²) in [6, 6.07) is 1.67. The van der Waals surface area contributed by atoms with Crippen LogP contribution in [0.4, 0.5) is 13.2 Å². The molecule has 8 heteroatoms. The molecule has 1 aromatic carbocycles. The Morgan fingerprint density at radius 1 is 1.35 bits per heavy atom. The van der Waals surface area contributed by atoms with Crippen LogP contribution in [0.5, 0.6) is 0 Å². The molecule has 0 saturated heterocycles. The van der Waals surface area contributed by atoms with Crippen LogP contribution in [0.25, 0.3) is 0 Å². The fourth-order valence-corrected chi connectivity index (χ4v) is 1.72. The van der Waals surface area contributed by atoms with Crippen molar-refractivity contribution < 1.29 is 27.9 Å². The molecule has 0 aliphatic carbocycles. The molecule has 0 saturated carbocycles.